The molecule has 126 valence electrons. The standard InChI is InChI=1S/C15H14BrN3O4S/c1-10-5-7-12(8-6-10)17-14(20)15(21)18-19-24(22,23)13-4-2-3-11(16)9-13/h2-9,19H,1H3,(H,17,20)(H,18,21). The number of nitrogens with one attached hydrogen (secondary N) is 3. The zero-order valence-electron chi connectivity index (χ0n) is 12.5. The molecule has 2 aromatic rings. The van der Waals surface area contributed by atoms with Gasteiger partial charge in [0, 0.05) is 10.2 Å². The number of sulfonamides is 1. The molecule has 24 heavy (non-hydrogen) atoms. The highest BCUT2D eigenvalue weighted by atomic mass is 79.9. The molecule has 0 heterocycles. The van der Waals surface area contributed by atoms with Gasteiger partial charge in [0.1, 0.15) is 0 Å². The summed E-state index contributed by atoms with van der Waals surface area (Å²) in [6, 6.07) is 12.7. The van der Waals surface area contributed by atoms with Crippen molar-refractivity contribution in [3.63, 3.8) is 0 Å². The Morgan fingerprint density at radius 1 is 1.00 bits per heavy atom. The monoisotopic (exact) mass is 411 g/mol. The molecule has 0 spiro atoms. The summed E-state index contributed by atoms with van der Waals surface area (Å²) >= 11 is 3.16. The number of benzene rings is 2. The number of carbonyl (C=O) groups is 2. The van der Waals surface area contributed by atoms with Gasteiger partial charge >= 0.3 is 11.8 Å². The van der Waals surface area contributed by atoms with Gasteiger partial charge in [0.25, 0.3) is 10.0 Å². The van der Waals surface area contributed by atoms with Crippen LogP contribution in [0, 0.1) is 6.92 Å². The van der Waals surface area contributed by atoms with Gasteiger partial charge in [-0.3, -0.25) is 15.0 Å². The van der Waals surface area contributed by atoms with Gasteiger partial charge in [0.05, 0.1) is 4.90 Å². The molecular formula is C15H14BrN3O4S. The van der Waals surface area contributed by atoms with E-state index in [1.807, 2.05) is 17.2 Å². The van der Waals surface area contributed by atoms with Crippen LogP contribution in [0.1, 0.15) is 5.56 Å². The van der Waals surface area contributed by atoms with Crippen LogP contribution >= 0.6 is 15.9 Å². The number of hydrogen-bond acceptors (Lipinski definition) is 4. The van der Waals surface area contributed by atoms with Crippen LogP contribution in [0.2, 0.25) is 0 Å². The lowest BCUT2D eigenvalue weighted by Crippen LogP contribution is -2.46. The normalized spacial score (nSPS) is 10.9. The van der Waals surface area contributed by atoms with E-state index < -0.39 is 21.8 Å². The number of aryl methyl sites for hydroxylation is 1. The molecule has 7 nitrogen and oxygen atoms in total. The Hall–Kier alpha value is -2.23. The molecule has 2 aromatic carbocycles. The summed E-state index contributed by atoms with van der Waals surface area (Å²) in [4.78, 5) is 25.2. The lowest BCUT2D eigenvalue weighted by Gasteiger charge is -2.09. The number of amides is 2. The molecular weight excluding hydrogens is 398 g/mol. The van der Waals surface area contributed by atoms with E-state index in [1.54, 1.807) is 30.3 Å². The first-order chi connectivity index (χ1) is 11.3. The highest BCUT2D eigenvalue weighted by Gasteiger charge is 2.19. The number of hydrazine groups is 1. The van der Waals surface area contributed by atoms with E-state index in [9.17, 15) is 18.0 Å². The average molecular weight is 412 g/mol. The molecule has 0 radical (unpaired) electrons. The minimum absolute atomic E-state index is 0.0592. The fourth-order valence-electron chi connectivity index (χ4n) is 1.69. The van der Waals surface area contributed by atoms with Crippen LogP contribution in [-0.2, 0) is 19.6 Å². The first kappa shape index (κ1) is 18.1. The number of anilines is 1. The van der Waals surface area contributed by atoms with E-state index in [-0.39, 0.29) is 4.90 Å². The van der Waals surface area contributed by atoms with Crippen molar-refractivity contribution in [1.29, 1.82) is 0 Å². The van der Waals surface area contributed by atoms with E-state index in [4.69, 9.17) is 0 Å². The van der Waals surface area contributed by atoms with Crippen molar-refractivity contribution >= 4 is 43.5 Å². The predicted octanol–water partition coefficient (Wildman–Crippen LogP) is 1.71. The first-order valence-electron chi connectivity index (χ1n) is 6.73. The second-order valence-corrected chi connectivity index (χ2v) is 7.44. The number of rotatable bonds is 4. The highest BCUT2D eigenvalue weighted by molar-refractivity contribution is 9.10. The Bertz CT molecular complexity index is 867. The third-order valence-electron chi connectivity index (χ3n) is 2.92. The van der Waals surface area contributed by atoms with E-state index in [0.29, 0.717) is 10.2 Å². The molecule has 0 fully saturated rings. The van der Waals surface area contributed by atoms with E-state index in [2.05, 4.69) is 21.2 Å². The molecule has 9 heteroatoms. The fraction of sp³-hybridized carbons (Fsp3) is 0.0667. The Morgan fingerprint density at radius 3 is 2.29 bits per heavy atom. The predicted molar refractivity (Wildman–Crippen MR) is 92.4 cm³/mol. The van der Waals surface area contributed by atoms with Gasteiger partial charge in [0.2, 0.25) is 0 Å². The molecule has 0 unspecified atom stereocenters. The van der Waals surface area contributed by atoms with Gasteiger partial charge in [-0.1, -0.05) is 39.7 Å². The fourth-order valence-corrected chi connectivity index (χ4v) is 3.12. The molecule has 2 amide bonds. The zero-order chi connectivity index (χ0) is 17.7. The first-order valence-corrected chi connectivity index (χ1v) is 9.01. The third kappa shape index (κ3) is 4.88. The molecule has 0 aliphatic carbocycles. The Labute approximate surface area is 147 Å². The second kappa shape index (κ2) is 7.56. The van der Waals surface area contributed by atoms with Crippen molar-refractivity contribution in [3.05, 3.63) is 58.6 Å². The molecule has 0 aliphatic rings. The quantitative estimate of drug-likeness (QED) is 0.525. The van der Waals surface area contributed by atoms with Crippen molar-refractivity contribution in [2.45, 2.75) is 11.8 Å². The lowest BCUT2D eigenvalue weighted by molar-refractivity contribution is -0.136. The summed E-state index contributed by atoms with van der Waals surface area (Å²) in [6.45, 7) is 1.88. The van der Waals surface area contributed by atoms with Crippen molar-refractivity contribution < 1.29 is 18.0 Å². The van der Waals surface area contributed by atoms with E-state index in [1.165, 1.54) is 18.2 Å². The van der Waals surface area contributed by atoms with Crippen LogP contribution in [0.5, 0.6) is 0 Å². The van der Waals surface area contributed by atoms with E-state index >= 15 is 0 Å². The molecule has 0 saturated heterocycles. The molecule has 0 aliphatic heterocycles. The second-order valence-electron chi connectivity index (χ2n) is 4.84. The maximum atomic E-state index is 12.0. The highest BCUT2D eigenvalue weighted by Crippen LogP contribution is 2.15. The maximum Gasteiger partial charge on any atom is 0.324 e. The van der Waals surface area contributed by atoms with Crippen LogP contribution in [0.4, 0.5) is 5.69 Å². The number of halogens is 1. The van der Waals surface area contributed by atoms with Crippen LogP contribution in [0.3, 0.4) is 0 Å². The van der Waals surface area contributed by atoms with Crippen molar-refractivity contribution in [1.82, 2.24) is 10.3 Å². The van der Waals surface area contributed by atoms with Crippen molar-refractivity contribution in [3.8, 4) is 0 Å². The maximum absolute atomic E-state index is 12.0. The van der Waals surface area contributed by atoms with Gasteiger partial charge in [-0.15, -0.1) is 4.83 Å². The SMILES string of the molecule is Cc1ccc(NC(=O)C(=O)NNS(=O)(=O)c2cccc(Br)c2)cc1. The molecule has 0 bridgehead atoms. The summed E-state index contributed by atoms with van der Waals surface area (Å²) in [7, 11) is -3.98. The largest absolute Gasteiger partial charge is 0.324 e. The third-order valence-corrected chi connectivity index (χ3v) is 4.66. The Kier molecular flexibility index (Phi) is 5.71. The number of hydrogen-bond donors (Lipinski definition) is 3. The average Bonchev–Trinajstić information content (AvgIpc) is 2.55. The molecule has 2 rings (SSSR count). The Morgan fingerprint density at radius 2 is 1.67 bits per heavy atom. The summed E-state index contributed by atoms with van der Waals surface area (Å²) < 4.78 is 24.6. The zero-order valence-corrected chi connectivity index (χ0v) is 14.9. The van der Waals surface area contributed by atoms with Crippen molar-refractivity contribution in [2.75, 3.05) is 5.32 Å². The van der Waals surface area contributed by atoms with Gasteiger partial charge in [-0.2, -0.15) is 0 Å². The van der Waals surface area contributed by atoms with Gasteiger partial charge in [-0.05, 0) is 37.3 Å². The summed E-state index contributed by atoms with van der Waals surface area (Å²) in [5.74, 6) is -2.12. The summed E-state index contributed by atoms with van der Waals surface area (Å²) in [6.07, 6.45) is 0. The summed E-state index contributed by atoms with van der Waals surface area (Å²) in [5, 5.41) is 2.36. The number of carbonyl (C=O) groups excluding carboxylic acids is 2. The van der Waals surface area contributed by atoms with E-state index in [0.717, 1.165) is 5.56 Å². The van der Waals surface area contributed by atoms with Gasteiger partial charge in [-0.25, -0.2) is 8.42 Å². The minimum atomic E-state index is -3.98. The van der Waals surface area contributed by atoms with Crippen LogP contribution in [0.25, 0.3) is 0 Å². The molecule has 0 saturated carbocycles. The minimum Gasteiger partial charge on any atom is -0.318 e. The Balaban J connectivity index is 1.96. The van der Waals surface area contributed by atoms with Gasteiger partial charge in [0.15, 0.2) is 0 Å². The lowest BCUT2D eigenvalue weighted by atomic mass is 10.2. The topological polar surface area (TPSA) is 104 Å². The smallest absolute Gasteiger partial charge is 0.318 e. The van der Waals surface area contributed by atoms with Crippen molar-refractivity contribution in [2.24, 2.45) is 0 Å². The molecule has 3 N–H and O–H groups in total. The van der Waals surface area contributed by atoms with Crippen LogP contribution in [0.15, 0.2) is 57.9 Å². The molecule has 0 atom stereocenters. The van der Waals surface area contributed by atoms with Crippen LogP contribution < -0.4 is 15.6 Å². The van der Waals surface area contributed by atoms with Crippen LogP contribution in [-0.4, -0.2) is 20.2 Å². The van der Waals surface area contributed by atoms with Gasteiger partial charge < -0.3 is 5.32 Å². The molecule has 0 aromatic heterocycles. The summed E-state index contributed by atoms with van der Waals surface area (Å²) in [5.41, 5.74) is 3.29.